The van der Waals surface area contributed by atoms with Gasteiger partial charge in [0.15, 0.2) is 0 Å². The predicted octanol–water partition coefficient (Wildman–Crippen LogP) is 0.532. The number of alkyl halides is 2. The molecule has 0 spiro atoms. The van der Waals surface area contributed by atoms with Crippen molar-refractivity contribution in [1.29, 1.82) is 0 Å². The molecule has 0 bridgehead atoms. The lowest BCUT2D eigenvalue weighted by atomic mass is 10.2. The number of nitrogens with two attached hydrogens (primary N) is 1. The van der Waals surface area contributed by atoms with Gasteiger partial charge in [-0.3, -0.25) is 4.79 Å². The van der Waals surface area contributed by atoms with Crippen LogP contribution in [-0.2, 0) is 9.53 Å². The van der Waals surface area contributed by atoms with Gasteiger partial charge in [-0.2, -0.15) is 0 Å². The Balaban J connectivity index is 3.57. The third kappa shape index (κ3) is 4.66. The second-order valence-electron chi connectivity index (χ2n) is 2.01. The van der Waals surface area contributed by atoms with E-state index >= 15 is 0 Å². The third-order valence-electron chi connectivity index (χ3n) is 1.03. The maximum atomic E-state index is 11.7. The van der Waals surface area contributed by atoms with Crippen LogP contribution in [0.25, 0.3) is 0 Å². The number of carbonyl (C=O) groups is 1. The Morgan fingerprint density at radius 1 is 1.64 bits per heavy atom. The second-order valence-corrected chi connectivity index (χ2v) is 2.01. The van der Waals surface area contributed by atoms with Crippen LogP contribution in [0.5, 0.6) is 0 Å². The van der Waals surface area contributed by atoms with E-state index in [1.54, 1.807) is 6.92 Å². The van der Waals surface area contributed by atoms with Gasteiger partial charge in [-0.25, -0.2) is 8.78 Å². The van der Waals surface area contributed by atoms with E-state index < -0.39 is 24.9 Å². The molecule has 0 fully saturated rings. The van der Waals surface area contributed by atoms with E-state index in [1.165, 1.54) is 0 Å². The predicted molar refractivity (Wildman–Crippen MR) is 35.2 cm³/mol. The molecule has 11 heavy (non-hydrogen) atoms. The Morgan fingerprint density at radius 3 is 2.55 bits per heavy atom. The third-order valence-corrected chi connectivity index (χ3v) is 1.03. The van der Waals surface area contributed by atoms with E-state index in [-0.39, 0.29) is 6.61 Å². The van der Waals surface area contributed by atoms with Crippen molar-refractivity contribution in [2.75, 3.05) is 6.61 Å². The Kier molecular flexibility index (Phi) is 4.69. The summed E-state index contributed by atoms with van der Waals surface area (Å²) in [5.41, 5.74) is 4.90. The summed E-state index contributed by atoms with van der Waals surface area (Å²) in [6.07, 6.45) is -3.09. The highest BCUT2D eigenvalue weighted by atomic mass is 19.3. The average molecular weight is 167 g/mol. The van der Waals surface area contributed by atoms with Crippen LogP contribution in [0, 0.1) is 0 Å². The van der Waals surface area contributed by atoms with Crippen LogP contribution in [0.15, 0.2) is 0 Å². The standard InChI is InChI=1S/C6H11F2NO2/c1-2-11-5(10)3-4(9)6(7)8/h4,6H,2-3,9H2,1H3/t4-/m0/s1. The molecule has 0 aromatic rings. The molecule has 1 atom stereocenters. The lowest BCUT2D eigenvalue weighted by molar-refractivity contribution is -0.144. The number of ether oxygens (including phenoxy) is 1. The molecule has 0 heterocycles. The fourth-order valence-electron chi connectivity index (χ4n) is 0.501. The maximum absolute atomic E-state index is 11.7. The molecule has 3 nitrogen and oxygen atoms in total. The van der Waals surface area contributed by atoms with Crippen molar-refractivity contribution in [2.24, 2.45) is 5.73 Å². The first kappa shape index (κ1) is 10.3. The van der Waals surface area contributed by atoms with Gasteiger partial charge in [-0.05, 0) is 6.92 Å². The first-order valence-corrected chi connectivity index (χ1v) is 3.27. The summed E-state index contributed by atoms with van der Waals surface area (Å²) in [5.74, 6) is -0.680. The first-order chi connectivity index (χ1) is 5.07. The van der Waals surface area contributed by atoms with Crippen LogP contribution in [0.3, 0.4) is 0 Å². The number of hydrogen-bond acceptors (Lipinski definition) is 3. The molecule has 0 aromatic carbocycles. The summed E-state index contributed by atoms with van der Waals surface area (Å²) < 4.78 is 27.8. The van der Waals surface area contributed by atoms with Gasteiger partial charge in [-0.1, -0.05) is 0 Å². The SMILES string of the molecule is CCOC(=O)C[C@H](N)C(F)F. The van der Waals surface area contributed by atoms with E-state index in [0.717, 1.165) is 0 Å². The normalized spacial score (nSPS) is 13.2. The molecule has 0 aliphatic carbocycles. The van der Waals surface area contributed by atoms with Gasteiger partial charge < -0.3 is 10.5 Å². The van der Waals surface area contributed by atoms with Gasteiger partial charge in [-0.15, -0.1) is 0 Å². The molecule has 2 N–H and O–H groups in total. The molecule has 0 saturated carbocycles. The van der Waals surface area contributed by atoms with Crippen molar-refractivity contribution in [3.05, 3.63) is 0 Å². The fraction of sp³-hybridized carbons (Fsp3) is 0.833. The van der Waals surface area contributed by atoms with Crippen LogP contribution >= 0.6 is 0 Å². The van der Waals surface area contributed by atoms with Crippen LogP contribution in [-0.4, -0.2) is 25.0 Å². The number of esters is 1. The average Bonchev–Trinajstić information content (AvgIpc) is 1.87. The van der Waals surface area contributed by atoms with Gasteiger partial charge in [0.05, 0.1) is 19.1 Å². The molecule has 0 saturated heterocycles. The number of carbonyl (C=O) groups excluding carboxylic acids is 1. The summed E-state index contributed by atoms with van der Waals surface area (Å²) in [7, 11) is 0. The summed E-state index contributed by atoms with van der Waals surface area (Å²) in [5, 5.41) is 0. The van der Waals surface area contributed by atoms with Gasteiger partial charge in [0, 0.05) is 0 Å². The maximum Gasteiger partial charge on any atom is 0.307 e. The van der Waals surface area contributed by atoms with E-state index in [1.807, 2.05) is 0 Å². The molecule has 0 amide bonds. The Labute approximate surface area is 63.5 Å². The summed E-state index contributed by atoms with van der Waals surface area (Å²) in [6.45, 7) is 1.79. The van der Waals surface area contributed by atoms with Crippen LogP contribution < -0.4 is 5.73 Å². The van der Waals surface area contributed by atoms with Crippen molar-refractivity contribution in [3.63, 3.8) is 0 Å². The van der Waals surface area contributed by atoms with Crippen molar-refractivity contribution in [2.45, 2.75) is 25.8 Å². The minimum Gasteiger partial charge on any atom is -0.466 e. The van der Waals surface area contributed by atoms with E-state index in [9.17, 15) is 13.6 Å². The highest BCUT2D eigenvalue weighted by molar-refractivity contribution is 5.70. The molecule has 0 radical (unpaired) electrons. The largest absolute Gasteiger partial charge is 0.466 e. The molecular formula is C6H11F2NO2. The van der Waals surface area contributed by atoms with E-state index in [2.05, 4.69) is 4.74 Å². The highest BCUT2D eigenvalue weighted by Gasteiger charge is 2.19. The van der Waals surface area contributed by atoms with Crippen molar-refractivity contribution in [3.8, 4) is 0 Å². The molecular weight excluding hydrogens is 156 g/mol. The monoisotopic (exact) mass is 167 g/mol. The van der Waals surface area contributed by atoms with Crippen molar-refractivity contribution < 1.29 is 18.3 Å². The van der Waals surface area contributed by atoms with Crippen molar-refractivity contribution >= 4 is 5.97 Å². The van der Waals surface area contributed by atoms with Crippen LogP contribution in [0.4, 0.5) is 8.78 Å². The van der Waals surface area contributed by atoms with E-state index in [0.29, 0.717) is 0 Å². The Hall–Kier alpha value is -0.710. The van der Waals surface area contributed by atoms with Crippen LogP contribution in [0.2, 0.25) is 0 Å². The van der Waals surface area contributed by atoms with Gasteiger partial charge in [0.1, 0.15) is 0 Å². The molecule has 66 valence electrons. The highest BCUT2D eigenvalue weighted by Crippen LogP contribution is 2.02. The zero-order valence-corrected chi connectivity index (χ0v) is 6.22. The van der Waals surface area contributed by atoms with Crippen molar-refractivity contribution in [1.82, 2.24) is 0 Å². The molecule has 0 unspecified atom stereocenters. The minimum atomic E-state index is -2.67. The second kappa shape index (κ2) is 5.01. The lowest BCUT2D eigenvalue weighted by Crippen LogP contribution is -2.31. The van der Waals surface area contributed by atoms with E-state index in [4.69, 9.17) is 5.73 Å². The zero-order chi connectivity index (χ0) is 8.85. The molecule has 0 aliphatic rings. The molecule has 5 heteroatoms. The fourth-order valence-corrected chi connectivity index (χ4v) is 0.501. The number of rotatable bonds is 4. The first-order valence-electron chi connectivity index (χ1n) is 3.27. The summed E-state index contributed by atoms with van der Waals surface area (Å²) >= 11 is 0. The number of halogens is 2. The topological polar surface area (TPSA) is 52.3 Å². The zero-order valence-electron chi connectivity index (χ0n) is 6.22. The lowest BCUT2D eigenvalue weighted by Gasteiger charge is -2.08. The number of hydrogen-bond donors (Lipinski definition) is 1. The van der Waals surface area contributed by atoms with Gasteiger partial charge in [0.2, 0.25) is 0 Å². The summed E-state index contributed by atoms with van der Waals surface area (Å²) in [6, 6.07) is -1.41. The van der Waals surface area contributed by atoms with Gasteiger partial charge in [0.25, 0.3) is 6.43 Å². The Morgan fingerprint density at radius 2 is 2.18 bits per heavy atom. The van der Waals surface area contributed by atoms with Gasteiger partial charge >= 0.3 is 5.97 Å². The minimum absolute atomic E-state index is 0.189. The van der Waals surface area contributed by atoms with Crippen LogP contribution in [0.1, 0.15) is 13.3 Å². The summed E-state index contributed by atoms with van der Waals surface area (Å²) in [4.78, 5) is 10.5. The molecule has 0 aromatic heterocycles. The Bertz CT molecular complexity index is 130. The molecule has 0 aliphatic heterocycles. The smallest absolute Gasteiger partial charge is 0.307 e. The quantitative estimate of drug-likeness (QED) is 0.621. The molecule has 0 rings (SSSR count).